The van der Waals surface area contributed by atoms with Crippen molar-refractivity contribution in [3.05, 3.63) is 24.0 Å². The van der Waals surface area contributed by atoms with Crippen LogP contribution in [0, 0.1) is 0 Å². The van der Waals surface area contributed by atoms with E-state index in [2.05, 4.69) is 15.4 Å². The highest BCUT2D eigenvalue weighted by atomic mass is 16.5. The Balaban J connectivity index is 2.36. The number of nitrogen functional groups attached to an aromatic ring is 1. The first kappa shape index (κ1) is 13.7. The standard InChI is InChI=1S/C12H15N5O3/c1-17-12(14-6-15-17)16-11(18)8-4-7(19-2)5-9(20-3)10(8)13/h4-6H,13H2,1-3H3,(H,14,15,16,18). The van der Waals surface area contributed by atoms with Gasteiger partial charge in [0.2, 0.25) is 5.95 Å². The smallest absolute Gasteiger partial charge is 0.260 e. The van der Waals surface area contributed by atoms with Gasteiger partial charge >= 0.3 is 0 Å². The molecule has 20 heavy (non-hydrogen) atoms. The number of nitrogens with zero attached hydrogens (tertiary/aromatic N) is 3. The molecule has 2 aromatic rings. The van der Waals surface area contributed by atoms with Crippen LogP contribution in [0.5, 0.6) is 11.5 Å². The SMILES string of the molecule is COc1cc(OC)c(N)c(C(=O)Nc2ncnn2C)c1. The third kappa shape index (κ3) is 2.48. The largest absolute Gasteiger partial charge is 0.497 e. The summed E-state index contributed by atoms with van der Waals surface area (Å²) in [7, 11) is 4.63. The van der Waals surface area contributed by atoms with E-state index in [1.165, 1.54) is 31.3 Å². The number of rotatable bonds is 4. The highest BCUT2D eigenvalue weighted by Gasteiger charge is 2.17. The minimum absolute atomic E-state index is 0.230. The summed E-state index contributed by atoms with van der Waals surface area (Å²) in [6, 6.07) is 3.14. The molecule has 0 radical (unpaired) electrons. The van der Waals surface area contributed by atoms with Gasteiger partial charge in [0.25, 0.3) is 5.91 Å². The maximum atomic E-state index is 12.2. The number of carbonyl (C=O) groups is 1. The van der Waals surface area contributed by atoms with E-state index in [1.54, 1.807) is 13.1 Å². The Labute approximate surface area is 115 Å². The predicted octanol–water partition coefficient (Wildman–Crippen LogP) is 0.667. The number of ether oxygens (including phenoxy) is 2. The van der Waals surface area contributed by atoms with E-state index in [0.717, 1.165) is 0 Å². The van der Waals surface area contributed by atoms with Crippen LogP contribution in [0.2, 0.25) is 0 Å². The van der Waals surface area contributed by atoms with Gasteiger partial charge in [-0.25, -0.2) is 4.68 Å². The third-order valence-corrected chi connectivity index (χ3v) is 2.75. The molecule has 0 unspecified atom stereocenters. The minimum atomic E-state index is -0.421. The lowest BCUT2D eigenvalue weighted by atomic mass is 10.1. The van der Waals surface area contributed by atoms with E-state index in [0.29, 0.717) is 17.4 Å². The Morgan fingerprint density at radius 3 is 2.65 bits per heavy atom. The highest BCUT2D eigenvalue weighted by Crippen LogP contribution is 2.31. The first-order chi connectivity index (χ1) is 9.56. The number of aromatic nitrogens is 3. The summed E-state index contributed by atoms with van der Waals surface area (Å²) in [4.78, 5) is 16.2. The molecule has 0 aliphatic rings. The monoisotopic (exact) mass is 277 g/mol. The predicted molar refractivity (Wildman–Crippen MR) is 72.9 cm³/mol. The summed E-state index contributed by atoms with van der Waals surface area (Å²) in [6.45, 7) is 0. The molecule has 0 aliphatic heterocycles. The zero-order chi connectivity index (χ0) is 14.7. The molecule has 8 heteroatoms. The summed E-state index contributed by atoms with van der Waals surface area (Å²) < 4.78 is 11.7. The second kappa shape index (κ2) is 5.47. The molecule has 0 saturated heterocycles. The van der Waals surface area contributed by atoms with Crippen molar-refractivity contribution >= 4 is 17.5 Å². The van der Waals surface area contributed by atoms with E-state index in [1.807, 2.05) is 0 Å². The molecule has 0 bridgehead atoms. The van der Waals surface area contributed by atoms with Gasteiger partial charge < -0.3 is 15.2 Å². The number of hydrogen-bond acceptors (Lipinski definition) is 6. The van der Waals surface area contributed by atoms with Crippen LogP contribution in [0.1, 0.15) is 10.4 Å². The lowest BCUT2D eigenvalue weighted by molar-refractivity contribution is 0.102. The molecule has 0 saturated carbocycles. The number of methoxy groups -OCH3 is 2. The van der Waals surface area contributed by atoms with Crippen LogP contribution in [0.25, 0.3) is 0 Å². The summed E-state index contributed by atoms with van der Waals surface area (Å²) >= 11 is 0. The number of benzene rings is 1. The normalized spacial score (nSPS) is 10.2. The molecule has 0 spiro atoms. The van der Waals surface area contributed by atoms with E-state index in [4.69, 9.17) is 15.2 Å². The van der Waals surface area contributed by atoms with Crippen LogP contribution in [-0.2, 0) is 7.05 Å². The molecule has 1 amide bonds. The van der Waals surface area contributed by atoms with Gasteiger partial charge in [0.1, 0.15) is 17.8 Å². The fourth-order valence-corrected chi connectivity index (χ4v) is 1.65. The Morgan fingerprint density at radius 2 is 2.10 bits per heavy atom. The van der Waals surface area contributed by atoms with Crippen molar-refractivity contribution in [2.75, 3.05) is 25.3 Å². The van der Waals surface area contributed by atoms with Gasteiger partial charge in [-0.05, 0) is 6.07 Å². The zero-order valence-corrected chi connectivity index (χ0v) is 11.4. The van der Waals surface area contributed by atoms with Gasteiger partial charge in [-0.15, -0.1) is 0 Å². The quantitative estimate of drug-likeness (QED) is 0.796. The Kier molecular flexibility index (Phi) is 3.74. The fourth-order valence-electron chi connectivity index (χ4n) is 1.65. The number of carbonyl (C=O) groups excluding carboxylic acids is 1. The fraction of sp³-hybridized carbons (Fsp3) is 0.250. The average Bonchev–Trinajstić information content (AvgIpc) is 2.84. The van der Waals surface area contributed by atoms with Crippen LogP contribution in [0.3, 0.4) is 0 Å². The summed E-state index contributed by atoms with van der Waals surface area (Å²) in [5.41, 5.74) is 6.37. The maximum Gasteiger partial charge on any atom is 0.260 e. The van der Waals surface area contributed by atoms with Crippen molar-refractivity contribution in [1.82, 2.24) is 14.8 Å². The van der Waals surface area contributed by atoms with Crippen molar-refractivity contribution in [2.24, 2.45) is 7.05 Å². The van der Waals surface area contributed by atoms with Gasteiger partial charge in [-0.3, -0.25) is 10.1 Å². The Bertz CT molecular complexity index is 638. The molecule has 8 nitrogen and oxygen atoms in total. The molecule has 0 fully saturated rings. The van der Waals surface area contributed by atoms with Crippen LogP contribution >= 0.6 is 0 Å². The van der Waals surface area contributed by atoms with E-state index in [9.17, 15) is 4.79 Å². The zero-order valence-electron chi connectivity index (χ0n) is 11.4. The lowest BCUT2D eigenvalue weighted by Gasteiger charge is -2.12. The molecule has 0 aliphatic carbocycles. The number of nitrogens with one attached hydrogen (secondary N) is 1. The van der Waals surface area contributed by atoms with E-state index in [-0.39, 0.29) is 11.3 Å². The average molecular weight is 277 g/mol. The lowest BCUT2D eigenvalue weighted by Crippen LogP contribution is -2.17. The summed E-state index contributed by atoms with van der Waals surface area (Å²) in [5, 5.41) is 6.47. The number of anilines is 2. The van der Waals surface area contributed by atoms with Crippen molar-refractivity contribution in [1.29, 1.82) is 0 Å². The van der Waals surface area contributed by atoms with Gasteiger partial charge in [0.05, 0.1) is 25.5 Å². The molecule has 106 valence electrons. The molecular weight excluding hydrogens is 262 g/mol. The minimum Gasteiger partial charge on any atom is -0.497 e. The van der Waals surface area contributed by atoms with Gasteiger partial charge in [-0.1, -0.05) is 0 Å². The summed E-state index contributed by atoms with van der Waals surface area (Å²) in [6.07, 6.45) is 1.34. The van der Waals surface area contributed by atoms with Crippen LogP contribution in [0.15, 0.2) is 18.5 Å². The molecule has 3 N–H and O–H groups in total. The van der Waals surface area contributed by atoms with Crippen molar-refractivity contribution < 1.29 is 14.3 Å². The van der Waals surface area contributed by atoms with E-state index < -0.39 is 5.91 Å². The molecule has 1 aromatic heterocycles. The molecular formula is C12H15N5O3. The Morgan fingerprint density at radius 1 is 1.35 bits per heavy atom. The molecule has 1 heterocycles. The topological polar surface area (TPSA) is 104 Å². The molecule has 0 atom stereocenters. The van der Waals surface area contributed by atoms with Gasteiger partial charge in [0.15, 0.2) is 0 Å². The molecule has 2 rings (SSSR count). The van der Waals surface area contributed by atoms with Crippen LogP contribution < -0.4 is 20.5 Å². The van der Waals surface area contributed by atoms with Crippen LogP contribution in [0.4, 0.5) is 11.6 Å². The van der Waals surface area contributed by atoms with Crippen molar-refractivity contribution in [2.45, 2.75) is 0 Å². The first-order valence-corrected chi connectivity index (χ1v) is 5.73. The Hall–Kier alpha value is -2.77. The summed E-state index contributed by atoms with van der Waals surface area (Å²) in [5.74, 6) is 0.735. The van der Waals surface area contributed by atoms with E-state index >= 15 is 0 Å². The maximum absolute atomic E-state index is 12.2. The number of nitrogens with two attached hydrogens (primary N) is 1. The third-order valence-electron chi connectivity index (χ3n) is 2.75. The van der Waals surface area contributed by atoms with Crippen molar-refractivity contribution in [3.63, 3.8) is 0 Å². The van der Waals surface area contributed by atoms with Crippen LogP contribution in [-0.4, -0.2) is 34.9 Å². The second-order valence-electron chi connectivity index (χ2n) is 3.95. The number of amides is 1. The first-order valence-electron chi connectivity index (χ1n) is 5.73. The molecule has 1 aromatic carbocycles. The number of hydrogen-bond donors (Lipinski definition) is 2. The second-order valence-corrected chi connectivity index (χ2v) is 3.95. The van der Waals surface area contributed by atoms with Gasteiger partial charge in [0, 0.05) is 13.1 Å². The highest BCUT2D eigenvalue weighted by molar-refractivity contribution is 6.08. The van der Waals surface area contributed by atoms with Crippen molar-refractivity contribution in [3.8, 4) is 11.5 Å². The van der Waals surface area contributed by atoms with Gasteiger partial charge in [-0.2, -0.15) is 10.1 Å². The number of aryl methyl sites for hydroxylation is 1.